The first-order valence-electron chi connectivity index (χ1n) is 2.48. The SMILES string of the molecule is C=C.CC(=O)OC(C)O.N.N.[H-].[H-].[H-].[Na+].[Na+].[Na+]. The summed E-state index contributed by atoms with van der Waals surface area (Å²) in [5.41, 5.74) is 0. The Bertz CT molecular complexity index is 108. The molecule has 0 rings (SSSR count). The van der Waals surface area contributed by atoms with Crippen LogP contribution in [0.2, 0.25) is 0 Å². The maximum atomic E-state index is 9.87. The third kappa shape index (κ3) is 65.1. The molecule has 0 fully saturated rings. The van der Waals surface area contributed by atoms with Gasteiger partial charge in [0.05, 0.1) is 0 Å². The number of carbonyl (C=O) groups is 1. The fraction of sp³-hybridized carbons (Fsp3) is 0.500. The van der Waals surface area contributed by atoms with Crippen LogP contribution in [0.1, 0.15) is 18.1 Å². The molecule has 0 saturated heterocycles. The standard InChI is InChI=1S/C4H8O3.C2H4.2H3N.3Na.3H/c1-3(5)7-4(2)6;1-2;;;;;;;;/h3,5H,1-2H3;1-2H2;2*1H3;;;;;;/q;;;;3*+1;3*-1. The smallest absolute Gasteiger partial charge is 1.00 e. The molecule has 1 unspecified atom stereocenters. The summed E-state index contributed by atoms with van der Waals surface area (Å²) in [5, 5.41) is 8.28. The predicted molar refractivity (Wildman–Crippen MR) is 48.1 cm³/mol. The van der Waals surface area contributed by atoms with Crippen molar-refractivity contribution in [1.29, 1.82) is 0 Å². The van der Waals surface area contributed by atoms with Crippen molar-refractivity contribution in [2.75, 3.05) is 0 Å². The Labute approximate surface area is 157 Å². The zero-order chi connectivity index (χ0) is 7.86. The average molecular weight is 238 g/mol. The number of rotatable bonds is 1. The zero-order valence-corrected chi connectivity index (χ0v) is 16.2. The van der Waals surface area contributed by atoms with Crippen LogP contribution in [-0.4, -0.2) is 17.4 Å². The molecule has 14 heavy (non-hydrogen) atoms. The van der Waals surface area contributed by atoms with Crippen LogP contribution in [0.25, 0.3) is 0 Å². The van der Waals surface area contributed by atoms with E-state index in [-0.39, 0.29) is 105 Å². The fourth-order valence-electron chi connectivity index (χ4n) is 0.240. The second-order valence-electron chi connectivity index (χ2n) is 1.21. The van der Waals surface area contributed by atoms with Gasteiger partial charge in [0.2, 0.25) is 0 Å². The Balaban J connectivity index is -0.00000000583. The van der Waals surface area contributed by atoms with Gasteiger partial charge in [0.15, 0.2) is 6.29 Å². The van der Waals surface area contributed by atoms with E-state index in [2.05, 4.69) is 17.9 Å². The summed E-state index contributed by atoms with van der Waals surface area (Å²) < 4.78 is 4.17. The number of hydrogen-bond acceptors (Lipinski definition) is 5. The predicted octanol–water partition coefficient (Wildman–Crippen LogP) is -7.64. The van der Waals surface area contributed by atoms with Crippen molar-refractivity contribution in [3.05, 3.63) is 13.2 Å². The topological polar surface area (TPSA) is 117 Å². The van der Waals surface area contributed by atoms with Gasteiger partial charge in [-0.2, -0.15) is 0 Å². The normalized spacial score (nSPS) is 6.79. The Morgan fingerprint density at radius 3 is 1.50 bits per heavy atom. The minimum Gasteiger partial charge on any atom is -1.00 e. The largest absolute Gasteiger partial charge is 1.00 e. The number of aliphatic hydroxyl groups excluding tert-OH is 1. The van der Waals surface area contributed by atoms with Gasteiger partial charge in [-0.05, 0) is 6.92 Å². The van der Waals surface area contributed by atoms with Crippen molar-refractivity contribution in [2.24, 2.45) is 0 Å². The van der Waals surface area contributed by atoms with Gasteiger partial charge in [-0.3, -0.25) is 4.79 Å². The number of ether oxygens (including phenoxy) is 1. The van der Waals surface area contributed by atoms with Crippen LogP contribution in [-0.2, 0) is 9.53 Å². The summed E-state index contributed by atoms with van der Waals surface area (Å²) in [6.45, 7) is 8.62. The van der Waals surface area contributed by atoms with Gasteiger partial charge in [0.25, 0.3) is 0 Å². The van der Waals surface area contributed by atoms with Crippen LogP contribution in [0.15, 0.2) is 13.2 Å². The second kappa shape index (κ2) is 36.3. The first-order chi connectivity index (χ1) is 4.13. The molecule has 7 N–H and O–H groups in total. The van der Waals surface area contributed by atoms with Crippen molar-refractivity contribution >= 4 is 5.97 Å². The van der Waals surface area contributed by atoms with E-state index < -0.39 is 12.3 Å². The maximum absolute atomic E-state index is 9.87. The third-order valence-electron chi connectivity index (χ3n) is 0.337. The van der Waals surface area contributed by atoms with Gasteiger partial charge in [0, 0.05) is 6.92 Å². The van der Waals surface area contributed by atoms with Crippen LogP contribution in [0, 0.1) is 0 Å². The van der Waals surface area contributed by atoms with Crippen molar-refractivity contribution < 1.29 is 108 Å². The summed E-state index contributed by atoms with van der Waals surface area (Å²) in [6, 6.07) is 0. The van der Waals surface area contributed by atoms with E-state index >= 15 is 0 Å². The minimum absolute atomic E-state index is 0. The number of esters is 1. The van der Waals surface area contributed by atoms with Gasteiger partial charge < -0.3 is 26.4 Å². The van der Waals surface area contributed by atoms with Gasteiger partial charge in [-0.15, -0.1) is 13.2 Å². The summed E-state index contributed by atoms with van der Waals surface area (Å²) in [7, 11) is 0. The van der Waals surface area contributed by atoms with Gasteiger partial charge >= 0.3 is 94.6 Å². The van der Waals surface area contributed by atoms with Crippen molar-refractivity contribution in [1.82, 2.24) is 12.3 Å². The van der Waals surface area contributed by atoms with E-state index in [1.165, 1.54) is 13.8 Å². The molecule has 0 aliphatic heterocycles. The van der Waals surface area contributed by atoms with E-state index in [0.29, 0.717) is 0 Å². The van der Waals surface area contributed by atoms with Gasteiger partial charge in [0.1, 0.15) is 0 Å². The fourth-order valence-corrected chi connectivity index (χ4v) is 0.240. The van der Waals surface area contributed by atoms with Crippen LogP contribution >= 0.6 is 0 Å². The summed E-state index contributed by atoms with van der Waals surface area (Å²) in [6.07, 6.45) is -0.975. The molecule has 0 aromatic heterocycles. The van der Waals surface area contributed by atoms with Gasteiger partial charge in [-0.1, -0.05) is 0 Å². The molecule has 0 saturated carbocycles. The Hall–Kier alpha value is 2.09. The first-order valence-corrected chi connectivity index (χ1v) is 2.48. The Morgan fingerprint density at radius 1 is 1.29 bits per heavy atom. The third-order valence-corrected chi connectivity index (χ3v) is 0.337. The van der Waals surface area contributed by atoms with E-state index in [9.17, 15) is 4.79 Å². The molecule has 0 heterocycles. The first kappa shape index (κ1) is 44.3. The molecule has 5 nitrogen and oxygen atoms in total. The molecule has 0 aliphatic rings. The molecule has 1 atom stereocenters. The molecule has 76 valence electrons. The van der Waals surface area contributed by atoms with Crippen molar-refractivity contribution in [3.63, 3.8) is 0 Å². The number of hydrogen-bond donors (Lipinski definition) is 3. The van der Waals surface area contributed by atoms with Crippen LogP contribution < -0.4 is 101 Å². The maximum Gasteiger partial charge on any atom is 1.00 e. The molecule has 8 heteroatoms. The van der Waals surface area contributed by atoms with Crippen LogP contribution in [0.4, 0.5) is 0 Å². The van der Waals surface area contributed by atoms with E-state index in [4.69, 9.17) is 5.11 Å². The van der Waals surface area contributed by atoms with Crippen molar-refractivity contribution in [2.45, 2.75) is 20.1 Å². The molecule has 0 radical (unpaired) electrons. The summed E-state index contributed by atoms with van der Waals surface area (Å²) >= 11 is 0. The molecule has 0 aromatic rings. The van der Waals surface area contributed by atoms with Crippen LogP contribution in [0.5, 0.6) is 0 Å². The average Bonchev–Trinajstić information content (AvgIpc) is 1.68. The van der Waals surface area contributed by atoms with E-state index in [0.717, 1.165) is 0 Å². The molecular formula is C6H21N2Na3O3. The summed E-state index contributed by atoms with van der Waals surface area (Å²) in [4.78, 5) is 9.87. The molecule has 0 amide bonds. The monoisotopic (exact) mass is 238 g/mol. The summed E-state index contributed by atoms with van der Waals surface area (Å²) in [5.74, 6) is -0.463. The molecule has 0 aromatic carbocycles. The Morgan fingerprint density at radius 2 is 1.50 bits per heavy atom. The second-order valence-corrected chi connectivity index (χ2v) is 1.21. The van der Waals surface area contributed by atoms with E-state index in [1.54, 1.807) is 0 Å². The zero-order valence-electron chi connectivity index (χ0n) is 13.2. The van der Waals surface area contributed by atoms with E-state index in [1.807, 2.05) is 0 Å². The molecule has 0 aliphatic carbocycles. The number of carbonyl (C=O) groups excluding carboxylic acids is 1. The van der Waals surface area contributed by atoms with Crippen molar-refractivity contribution in [3.8, 4) is 0 Å². The molecular weight excluding hydrogens is 217 g/mol. The molecule has 0 bridgehead atoms. The van der Waals surface area contributed by atoms with Gasteiger partial charge in [-0.25, -0.2) is 0 Å². The van der Waals surface area contributed by atoms with Crippen LogP contribution in [0.3, 0.4) is 0 Å². The molecule has 0 spiro atoms. The minimum atomic E-state index is -0.975. The number of aliphatic hydroxyl groups is 1. The quantitative estimate of drug-likeness (QED) is 0.181. The Kier molecular flexibility index (Phi) is 115.